The molecule has 0 aliphatic carbocycles. The lowest BCUT2D eigenvalue weighted by Gasteiger charge is -2.24. The van der Waals surface area contributed by atoms with Crippen molar-refractivity contribution in [3.05, 3.63) is 42.0 Å². The van der Waals surface area contributed by atoms with Crippen molar-refractivity contribution >= 4 is 45.0 Å². The van der Waals surface area contributed by atoms with Gasteiger partial charge in [-0.05, 0) is 45.1 Å². The number of rotatable bonds is 8. The molecule has 0 saturated carbocycles. The van der Waals surface area contributed by atoms with Gasteiger partial charge in [-0.15, -0.1) is 12.4 Å². The van der Waals surface area contributed by atoms with Crippen LogP contribution in [-0.4, -0.2) is 51.8 Å². The number of para-hydroxylation sites is 1. The molecule has 0 aliphatic heterocycles. The molecular formula is C20H27ClFN5OS. The Kier molecular flexibility index (Phi) is 8.13. The first kappa shape index (κ1) is 23.3. The Morgan fingerprint density at radius 1 is 1.21 bits per heavy atom. The van der Waals surface area contributed by atoms with Crippen molar-refractivity contribution in [1.29, 1.82) is 0 Å². The van der Waals surface area contributed by atoms with E-state index in [1.165, 1.54) is 17.4 Å². The van der Waals surface area contributed by atoms with Crippen LogP contribution in [0.5, 0.6) is 0 Å². The molecule has 0 fully saturated rings. The number of amides is 1. The number of carbonyl (C=O) groups is 1. The van der Waals surface area contributed by atoms with E-state index in [4.69, 9.17) is 0 Å². The highest BCUT2D eigenvalue weighted by Crippen LogP contribution is 2.31. The molecule has 0 bridgehead atoms. The molecule has 2 aromatic heterocycles. The molecule has 1 aromatic carbocycles. The summed E-state index contributed by atoms with van der Waals surface area (Å²) in [6.07, 6.45) is 1.80. The van der Waals surface area contributed by atoms with Gasteiger partial charge >= 0.3 is 0 Å². The summed E-state index contributed by atoms with van der Waals surface area (Å²) < 4.78 is 16.6. The van der Waals surface area contributed by atoms with E-state index in [0.29, 0.717) is 29.4 Å². The average molecular weight is 440 g/mol. The SMILES string of the molecule is CCN(CC)CCN(C(=O)c1ccn(C(C)C)n1)c1nc2c(F)cccc2s1.Cl. The standard InChI is InChI=1S/C20H26FN5OS.ClH/c1-5-24(6-2)12-13-25(19(27)16-10-11-26(23-16)14(3)4)20-22-18-15(21)8-7-9-17(18)28-20;/h7-11,14H,5-6,12-13H2,1-4H3;1H. The topological polar surface area (TPSA) is 54.3 Å². The number of thiazole rings is 1. The van der Waals surface area contributed by atoms with Gasteiger partial charge in [-0.25, -0.2) is 9.37 Å². The van der Waals surface area contributed by atoms with Crippen LogP contribution in [-0.2, 0) is 0 Å². The quantitative estimate of drug-likeness (QED) is 0.513. The Bertz CT molecular complexity index is 953. The predicted octanol–water partition coefficient (Wildman–Crippen LogP) is 4.62. The monoisotopic (exact) mass is 439 g/mol. The smallest absolute Gasteiger partial charge is 0.280 e. The van der Waals surface area contributed by atoms with E-state index < -0.39 is 0 Å². The Hall–Kier alpha value is -2.03. The first-order chi connectivity index (χ1) is 13.4. The molecule has 3 rings (SSSR count). The Balaban J connectivity index is 0.00000300. The summed E-state index contributed by atoms with van der Waals surface area (Å²) in [4.78, 5) is 21.5. The van der Waals surface area contributed by atoms with Gasteiger partial charge in [0.1, 0.15) is 11.3 Å². The van der Waals surface area contributed by atoms with Gasteiger partial charge in [0.2, 0.25) is 0 Å². The molecule has 2 heterocycles. The van der Waals surface area contributed by atoms with Crippen molar-refractivity contribution in [2.75, 3.05) is 31.1 Å². The summed E-state index contributed by atoms with van der Waals surface area (Å²) in [5, 5.41) is 4.91. The molecule has 0 saturated heterocycles. The maximum absolute atomic E-state index is 14.1. The molecule has 0 unspecified atom stereocenters. The van der Waals surface area contributed by atoms with Gasteiger partial charge in [-0.1, -0.05) is 31.3 Å². The number of halogens is 2. The Morgan fingerprint density at radius 2 is 1.93 bits per heavy atom. The molecule has 29 heavy (non-hydrogen) atoms. The van der Waals surface area contributed by atoms with Crippen molar-refractivity contribution in [3.63, 3.8) is 0 Å². The molecule has 158 valence electrons. The minimum atomic E-state index is -0.375. The molecule has 0 radical (unpaired) electrons. The molecular weight excluding hydrogens is 413 g/mol. The number of fused-ring (bicyclic) bond motifs is 1. The van der Waals surface area contributed by atoms with Crippen molar-refractivity contribution < 1.29 is 9.18 Å². The van der Waals surface area contributed by atoms with Gasteiger partial charge in [0.25, 0.3) is 5.91 Å². The number of nitrogens with zero attached hydrogens (tertiary/aromatic N) is 5. The zero-order valence-electron chi connectivity index (χ0n) is 17.1. The largest absolute Gasteiger partial charge is 0.302 e. The first-order valence-electron chi connectivity index (χ1n) is 9.59. The van der Waals surface area contributed by atoms with Gasteiger partial charge in [0.15, 0.2) is 10.8 Å². The molecule has 3 aromatic rings. The number of aromatic nitrogens is 3. The van der Waals surface area contributed by atoms with E-state index in [1.54, 1.807) is 27.9 Å². The molecule has 0 atom stereocenters. The van der Waals surface area contributed by atoms with Crippen molar-refractivity contribution in [2.45, 2.75) is 33.7 Å². The van der Waals surface area contributed by atoms with Gasteiger partial charge in [-0.2, -0.15) is 5.10 Å². The Labute approximate surface area is 180 Å². The van der Waals surface area contributed by atoms with E-state index in [9.17, 15) is 9.18 Å². The van der Waals surface area contributed by atoms with Crippen LogP contribution in [0.1, 0.15) is 44.2 Å². The zero-order chi connectivity index (χ0) is 20.3. The second-order valence-electron chi connectivity index (χ2n) is 6.84. The number of hydrogen-bond acceptors (Lipinski definition) is 5. The average Bonchev–Trinajstić information content (AvgIpc) is 3.33. The van der Waals surface area contributed by atoms with E-state index in [1.807, 2.05) is 19.9 Å². The lowest BCUT2D eigenvalue weighted by molar-refractivity contribution is 0.0978. The van der Waals surface area contributed by atoms with E-state index in [0.717, 1.165) is 17.8 Å². The van der Waals surface area contributed by atoms with Crippen LogP contribution in [0.2, 0.25) is 0 Å². The number of anilines is 1. The highest BCUT2D eigenvalue weighted by molar-refractivity contribution is 7.22. The maximum atomic E-state index is 14.1. The Morgan fingerprint density at radius 3 is 2.52 bits per heavy atom. The van der Waals surface area contributed by atoms with Crippen LogP contribution in [0.15, 0.2) is 30.5 Å². The molecule has 0 spiro atoms. The summed E-state index contributed by atoms with van der Waals surface area (Å²) >= 11 is 1.32. The predicted molar refractivity (Wildman–Crippen MR) is 119 cm³/mol. The molecule has 0 N–H and O–H groups in total. The van der Waals surface area contributed by atoms with Crippen LogP contribution in [0.25, 0.3) is 10.2 Å². The fourth-order valence-corrected chi connectivity index (χ4v) is 3.97. The third kappa shape index (κ3) is 5.12. The third-order valence-corrected chi connectivity index (χ3v) is 5.77. The van der Waals surface area contributed by atoms with Gasteiger partial charge in [-0.3, -0.25) is 14.4 Å². The molecule has 6 nitrogen and oxygen atoms in total. The summed E-state index contributed by atoms with van der Waals surface area (Å²) in [5.41, 5.74) is 0.670. The van der Waals surface area contributed by atoms with E-state index >= 15 is 0 Å². The van der Waals surface area contributed by atoms with Crippen molar-refractivity contribution in [2.24, 2.45) is 0 Å². The molecule has 0 aliphatic rings. The number of carbonyl (C=O) groups excluding carboxylic acids is 1. The molecule has 9 heteroatoms. The van der Waals surface area contributed by atoms with Gasteiger partial charge < -0.3 is 4.90 Å². The fraction of sp³-hybridized carbons (Fsp3) is 0.450. The summed E-state index contributed by atoms with van der Waals surface area (Å²) in [7, 11) is 0. The van der Waals surface area contributed by atoms with Gasteiger partial charge in [0, 0.05) is 25.3 Å². The lowest BCUT2D eigenvalue weighted by Crippen LogP contribution is -2.39. The fourth-order valence-electron chi connectivity index (χ4n) is 2.96. The van der Waals surface area contributed by atoms with Crippen LogP contribution >= 0.6 is 23.7 Å². The second kappa shape index (κ2) is 10.1. The summed E-state index contributed by atoms with van der Waals surface area (Å²) in [6, 6.07) is 6.76. The lowest BCUT2D eigenvalue weighted by atomic mass is 10.3. The van der Waals surface area contributed by atoms with Crippen molar-refractivity contribution in [1.82, 2.24) is 19.7 Å². The number of likely N-dealkylation sites (N-methyl/N-ethyl adjacent to an activating group) is 1. The summed E-state index contributed by atoms with van der Waals surface area (Å²) in [6.45, 7) is 11.2. The second-order valence-corrected chi connectivity index (χ2v) is 7.85. The van der Waals surface area contributed by atoms with Crippen LogP contribution in [0, 0.1) is 5.82 Å². The van der Waals surface area contributed by atoms with E-state index in [-0.39, 0.29) is 30.2 Å². The van der Waals surface area contributed by atoms with Crippen LogP contribution in [0.3, 0.4) is 0 Å². The molecule has 1 amide bonds. The number of benzene rings is 1. The van der Waals surface area contributed by atoms with Gasteiger partial charge in [0.05, 0.1) is 4.70 Å². The minimum Gasteiger partial charge on any atom is -0.302 e. The maximum Gasteiger partial charge on any atom is 0.280 e. The van der Waals surface area contributed by atoms with E-state index in [2.05, 4.69) is 28.8 Å². The van der Waals surface area contributed by atoms with Crippen LogP contribution in [0.4, 0.5) is 9.52 Å². The normalized spacial score (nSPS) is 11.3. The van der Waals surface area contributed by atoms with Crippen LogP contribution < -0.4 is 4.90 Å². The first-order valence-corrected chi connectivity index (χ1v) is 10.4. The third-order valence-electron chi connectivity index (χ3n) is 4.73. The summed E-state index contributed by atoms with van der Waals surface area (Å²) in [5.74, 6) is -0.591. The van der Waals surface area contributed by atoms with Crippen molar-refractivity contribution in [3.8, 4) is 0 Å². The highest BCUT2D eigenvalue weighted by atomic mass is 35.5. The highest BCUT2D eigenvalue weighted by Gasteiger charge is 2.24. The zero-order valence-corrected chi connectivity index (χ0v) is 18.8. The number of hydrogen-bond donors (Lipinski definition) is 0. The minimum absolute atomic E-state index is 0.